The van der Waals surface area contributed by atoms with Crippen molar-refractivity contribution in [3.05, 3.63) is 0 Å². The maximum atomic E-state index is 13.0. The number of carbonyl (C=O) groups excluding carboxylic acids is 4. The molecule has 0 radical (unpaired) electrons. The number of nitrogens with one attached hydrogen (secondary N) is 3. The van der Waals surface area contributed by atoms with Gasteiger partial charge in [-0.25, -0.2) is 4.79 Å². The minimum atomic E-state index is -1.24. The van der Waals surface area contributed by atoms with Gasteiger partial charge in [0.2, 0.25) is 23.6 Å². The number of primary amides is 1. The maximum absolute atomic E-state index is 13.0. The summed E-state index contributed by atoms with van der Waals surface area (Å²) in [5.74, 6) is -5.09. The quantitative estimate of drug-likeness (QED) is 0.0669. The van der Waals surface area contributed by atoms with Crippen LogP contribution < -0.4 is 38.9 Å². The van der Waals surface area contributed by atoms with Crippen LogP contribution in [0.3, 0.4) is 0 Å². The molecule has 4 atom stereocenters. The third kappa shape index (κ3) is 11.4. The zero-order valence-electron chi connectivity index (χ0n) is 20.0. The van der Waals surface area contributed by atoms with Gasteiger partial charge in [0.05, 0.1) is 12.5 Å². The highest BCUT2D eigenvalue weighted by Gasteiger charge is 2.32. The average Bonchev–Trinajstić information content (AvgIpc) is 2.70. The highest BCUT2D eigenvalue weighted by atomic mass is 16.4. The standard InChI is InChI=1S/C20H38N8O6/c1-9(2)14(27-16(30)11(21)8-13(22)29)18(32)26-12(6-5-7-25-20(23)24)17(31)28-15(10(3)4)19(33)34/h9-12,14-15H,5-8,21H2,1-4H3,(H2,22,29)(H,26,32)(H,27,30)(H,28,31)(H,33,34)(H4,23,24,25). The van der Waals surface area contributed by atoms with Gasteiger partial charge in [-0.1, -0.05) is 27.7 Å². The Kier molecular flexibility index (Phi) is 13.2. The van der Waals surface area contributed by atoms with Crippen molar-refractivity contribution in [1.29, 1.82) is 0 Å². The van der Waals surface area contributed by atoms with E-state index in [0.717, 1.165) is 0 Å². The Morgan fingerprint density at radius 3 is 1.79 bits per heavy atom. The molecule has 0 bridgehead atoms. The molecule has 4 amide bonds. The number of rotatable bonds is 15. The molecule has 0 rings (SSSR count). The Hall–Kier alpha value is -3.42. The second-order valence-electron chi connectivity index (χ2n) is 8.59. The third-order valence-electron chi connectivity index (χ3n) is 4.81. The molecule has 14 heteroatoms. The van der Waals surface area contributed by atoms with Crippen molar-refractivity contribution in [2.24, 2.45) is 39.8 Å². The van der Waals surface area contributed by atoms with E-state index < -0.39 is 72.0 Å². The lowest BCUT2D eigenvalue weighted by molar-refractivity contribution is -0.143. The average molecular weight is 487 g/mol. The number of carbonyl (C=O) groups is 5. The summed E-state index contributed by atoms with van der Waals surface area (Å²) in [7, 11) is 0. The molecule has 12 N–H and O–H groups in total. The van der Waals surface area contributed by atoms with Gasteiger partial charge in [0.15, 0.2) is 5.96 Å². The molecular formula is C20H38N8O6. The Morgan fingerprint density at radius 2 is 1.35 bits per heavy atom. The summed E-state index contributed by atoms with van der Waals surface area (Å²) in [5.41, 5.74) is 21.3. The van der Waals surface area contributed by atoms with Crippen molar-refractivity contribution in [3.63, 3.8) is 0 Å². The molecule has 0 saturated carbocycles. The minimum Gasteiger partial charge on any atom is -0.480 e. The number of hydrogen-bond acceptors (Lipinski definition) is 7. The Balaban J connectivity index is 5.55. The molecule has 34 heavy (non-hydrogen) atoms. The molecule has 194 valence electrons. The number of amides is 4. The van der Waals surface area contributed by atoms with Gasteiger partial charge in [0.1, 0.15) is 18.1 Å². The second-order valence-corrected chi connectivity index (χ2v) is 8.59. The first-order valence-electron chi connectivity index (χ1n) is 10.9. The zero-order chi connectivity index (χ0) is 26.6. The number of nitrogens with zero attached hydrogens (tertiary/aromatic N) is 1. The van der Waals surface area contributed by atoms with Gasteiger partial charge in [-0.3, -0.25) is 24.2 Å². The van der Waals surface area contributed by atoms with Gasteiger partial charge in [-0.15, -0.1) is 0 Å². The number of guanidine groups is 1. The Morgan fingerprint density at radius 1 is 0.824 bits per heavy atom. The van der Waals surface area contributed by atoms with E-state index in [1.165, 1.54) is 0 Å². The molecule has 0 saturated heterocycles. The summed E-state index contributed by atoms with van der Waals surface area (Å²) in [4.78, 5) is 64.4. The number of nitrogens with two attached hydrogens (primary N) is 4. The smallest absolute Gasteiger partial charge is 0.326 e. The van der Waals surface area contributed by atoms with Crippen molar-refractivity contribution >= 4 is 35.6 Å². The Bertz CT molecular complexity index is 766. The highest BCUT2D eigenvalue weighted by Crippen LogP contribution is 2.08. The molecule has 14 nitrogen and oxygen atoms in total. The largest absolute Gasteiger partial charge is 0.480 e. The van der Waals surface area contributed by atoms with Gasteiger partial charge in [-0.05, 0) is 24.7 Å². The van der Waals surface area contributed by atoms with Gasteiger partial charge < -0.3 is 44.0 Å². The summed E-state index contributed by atoms with van der Waals surface area (Å²) in [5, 5.41) is 16.8. The van der Waals surface area contributed by atoms with Gasteiger partial charge in [0, 0.05) is 6.54 Å². The van der Waals surface area contributed by atoms with Crippen LogP contribution in [0.5, 0.6) is 0 Å². The van der Waals surface area contributed by atoms with Gasteiger partial charge >= 0.3 is 5.97 Å². The molecular weight excluding hydrogens is 448 g/mol. The van der Waals surface area contributed by atoms with E-state index in [-0.39, 0.29) is 18.9 Å². The van der Waals surface area contributed by atoms with Crippen LogP contribution in [0, 0.1) is 11.8 Å². The molecule has 0 aliphatic rings. The summed E-state index contributed by atoms with van der Waals surface area (Å²) in [6.07, 6.45) is -0.00349. The predicted octanol–water partition coefficient (Wildman–Crippen LogP) is -2.91. The molecule has 0 spiro atoms. The van der Waals surface area contributed by atoms with Crippen molar-refractivity contribution < 1.29 is 29.1 Å². The van der Waals surface area contributed by atoms with Crippen molar-refractivity contribution in [3.8, 4) is 0 Å². The van der Waals surface area contributed by atoms with Crippen LogP contribution in [-0.2, 0) is 24.0 Å². The van der Waals surface area contributed by atoms with Crippen LogP contribution >= 0.6 is 0 Å². The van der Waals surface area contributed by atoms with Crippen molar-refractivity contribution in [1.82, 2.24) is 16.0 Å². The minimum absolute atomic E-state index is 0.0960. The summed E-state index contributed by atoms with van der Waals surface area (Å²) in [6.45, 7) is 6.77. The first-order chi connectivity index (χ1) is 15.7. The van der Waals surface area contributed by atoms with Gasteiger partial charge in [-0.2, -0.15) is 0 Å². The summed E-state index contributed by atoms with van der Waals surface area (Å²) in [6, 6.07) is -4.62. The van der Waals surface area contributed by atoms with Crippen LogP contribution in [-0.4, -0.2) is 71.4 Å². The third-order valence-corrected chi connectivity index (χ3v) is 4.81. The number of carboxylic acids is 1. The number of hydrogen-bond donors (Lipinski definition) is 8. The fraction of sp³-hybridized carbons (Fsp3) is 0.700. The summed E-state index contributed by atoms with van der Waals surface area (Å²) >= 11 is 0. The first kappa shape index (κ1) is 30.6. The lowest BCUT2D eigenvalue weighted by atomic mass is 10.0. The second kappa shape index (κ2) is 14.7. The van der Waals surface area contributed by atoms with E-state index in [0.29, 0.717) is 6.42 Å². The van der Waals surface area contributed by atoms with Crippen LogP contribution in [0.25, 0.3) is 0 Å². The number of aliphatic imine (C=N–C) groups is 1. The normalized spacial score (nSPS) is 14.4. The Labute approximate surface area is 198 Å². The maximum Gasteiger partial charge on any atom is 0.326 e. The van der Waals surface area contributed by atoms with E-state index in [1.807, 2.05) is 0 Å². The van der Waals surface area contributed by atoms with Crippen LogP contribution in [0.2, 0.25) is 0 Å². The van der Waals surface area contributed by atoms with E-state index in [2.05, 4.69) is 20.9 Å². The monoisotopic (exact) mass is 486 g/mol. The lowest BCUT2D eigenvalue weighted by Crippen LogP contribution is -2.59. The van der Waals surface area contributed by atoms with E-state index in [4.69, 9.17) is 22.9 Å². The van der Waals surface area contributed by atoms with E-state index in [9.17, 15) is 29.1 Å². The molecule has 0 aliphatic carbocycles. The van der Waals surface area contributed by atoms with Crippen LogP contribution in [0.1, 0.15) is 47.0 Å². The molecule has 4 unspecified atom stereocenters. The van der Waals surface area contributed by atoms with Gasteiger partial charge in [0.25, 0.3) is 0 Å². The molecule has 0 fully saturated rings. The van der Waals surface area contributed by atoms with E-state index >= 15 is 0 Å². The van der Waals surface area contributed by atoms with Crippen molar-refractivity contribution in [2.75, 3.05) is 6.54 Å². The molecule has 0 aromatic heterocycles. The fourth-order valence-electron chi connectivity index (χ4n) is 2.91. The highest BCUT2D eigenvalue weighted by molar-refractivity contribution is 5.95. The van der Waals surface area contributed by atoms with Crippen LogP contribution in [0.4, 0.5) is 0 Å². The predicted molar refractivity (Wildman–Crippen MR) is 125 cm³/mol. The molecule has 0 aromatic rings. The molecule has 0 aliphatic heterocycles. The van der Waals surface area contributed by atoms with Crippen molar-refractivity contribution in [2.45, 2.75) is 71.1 Å². The van der Waals surface area contributed by atoms with E-state index in [1.54, 1.807) is 27.7 Å². The lowest BCUT2D eigenvalue weighted by Gasteiger charge is -2.27. The zero-order valence-corrected chi connectivity index (χ0v) is 20.0. The number of aliphatic carboxylic acids is 1. The molecule has 0 heterocycles. The SMILES string of the molecule is CC(C)C(NC(=O)C(CCCN=C(N)N)NC(=O)C(NC(=O)C(N)CC(N)=O)C(C)C)C(=O)O. The van der Waals surface area contributed by atoms with Crippen LogP contribution in [0.15, 0.2) is 4.99 Å². The number of carboxylic acid groups (broad SMARTS) is 1. The first-order valence-corrected chi connectivity index (χ1v) is 10.9. The summed E-state index contributed by atoms with van der Waals surface area (Å²) < 4.78 is 0. The fourth-order valence-corrected chi connectivity index (χ4v) is 2.91. The topological polar surface area (TPSA) is 258 Å². The molecule has 0 aromatic carbocycles.